The lowest BCUT2D eigenvalue weighted by Crippen LogP contribution is -2.33. The van der Waals surface area contributed by atoms with Crippen LogP contribution in [-0.2, 0) is 11.3 Å². The highest BCUT2D eigenvalue weighted by atomic mass is 16.4. The highest BCUT2D eigenvalue weighted by Gasteiger charge is 2.23. The van der Waals surface area contributed by atoms with E-state index < -0.39 is 5.97 Å². The summed E-state index contributed by atoms with van der Waals surface area (Å²) in [6.45, 7) is 4.23. The number of hydrogen-bond donors (Lipinski definition) is 1. The van der Waals surface area contributed by atoms with Gasteiger partial charge in [-0.25, -0.2) is 0 Å². The smallest absolute Gasteiger partial charge is 0.323 e. The fourth-order valence-electron chi connectivity index (χ4n) is 2.54. The normalized spacial score (nSPS) is 10.8. The van der Waals surface area contributed by atoms with Crippen molar-refractivity contribution in [3.05, 3.63) is 35.5 Å². The van der Waals surface area contributed by atoms with E-state index in [1.807, 2.05) is 42.7 Å². The van der Waals surface area contributed by atoms with Gasteiger partial charge in [0.05, 0.1) is 0 Å². The summed E-state index contributed by atoms with van der Waals surface area (Å²) < 4.78 is 1.94. The average molecular weight is 274 g/mol. The fraction of sp³-hybridized carbons (Fsp3) is 0.333. The molecule has 2 aromatic rings. The van der Waals surface area contributed by atoms with E-state index in [9.17, 15) is 9.59 Å². The Balaban J connectivity index is 2.56. The van der Waals surface area contributed by atoms with Crippen LogP contribution < -0.4 is 0 Å². The molecule has 0 aliphatic heterocycles. The average Bonchev–Trinajstić information content (AvgIpc) is 2.70. The Kier molecular flexibility index (Phi) is 3.79. The number of likely N-dealkylation sites (N-methyl/N-ethyl adjacent to an activating group) is 1. The summed E-state index contributed by atoms with van der Waals surface area (Å²) in [4.78, 5) is 24.5. The van der Waals surface area contributed by atoms with Crippen LogP contribution in [-0.4, -0.2) is 40.0 Å². The molecule has 5 nitrogen and oxygen atoms in total. The summed E-state index contributed by atoms with van der Waals surface area (Å²) in [6.07, 6.45) is 0. The minimum Gasteiger partial charge on any atom is -0.480 e. The maximum Gasteiger partial charge on any atom is 0.323 e. The number of carbonyl (C=O) groups is 2. The zero-order valence-electron chi connectivity index (χ0n) is 11.9. The minimum atomic E-state index is -1.02. The molecule has 2 rings (SSSR count). The highest BCUT2D eigenvalue weighted by Crippen LogP contribution is 2.26. The van der Waals surface area contributed by atoms with Gasteiger partial charge in [0, 0.05) is 24.5 Å². The third-order valence-corrected chi connectivity index (χ3v) is 3.46. The Hall–Kier alpha value is -2.30. The second-order valence-electron chi connectivity index (χ2n) is 4.79. The van der Waals surface area contributed by atoms with Crippen LogP contribution in [0.25, 0.3) is 10.9 Å². The molecule has 1 heterocycles. The van der Waals surface area contributed by atoms with Crippen molar-refractivity contribution in [3.8, 4) is 0 Å². The summed E-state index contributed by atoms with van der Waals surface area (Å²) in [7, 11) is 1.51. The van der Waals surface area contributed by atoms with Crippen molar-refractivity contribution in [1.29, 1.82) is 0 Å². The maximum atomic E-state index is 12.5. The fourth-order valence-corrected chi connectivity index (χ4v) is 2.54. The van der Waals surface area contributed by atoms with Crippen LogP contribution in [0, 0.1) is 6.92 Å². The largest absolute Gasteiger partial charge is 0.480 e. The molecule has 0 atom stereocenters. The number of hydrogen-bond acceptors (Lipinski definition) is 2. The molecular weight excluding hydrogens is 256 g/mol. The first-order valence-corrected chi connectivity index (χ1v) is 6.52. The van der Waals surface area contributed by atoms with Crippen molar-refractivity contribution in [2.75, 3.05) is 13.6 Å². The van der Waals surface area contributed by atoms with Gasteiger partial charge in [0.25, 0.3) is 5.91 Å². The van der Waals surface area contributed by atoms with E-state index in [1.165, 1.54) is 11.9 Å². The number of aromatic nitrogens is 1. The number of rotatable bonds is 4. The summed E-state index contributed by atoms with van der Waals surface area (Å²) >= 11 is 0. The van der Waals surface area contributed by atoms with Gasteiger partial charge in [-0.05, 0) is 25.5 Å². The second kappa shape index (κ2) is 5.36. The van der Waals surface area contributed by atoms with E-state index in [0.717, 1.165) is 16.5 Å². The summed E-state index contributed by atoms with van der Waals surface area (Å²) in [5.74, 6) is -1.28. The van der Waals surface area contributed by atoms with Crippen molar-refractivity contribution in [3.63, 3.8) is 0 Å². The summed E-state index contributed by atoms with van der Waals surface area (Å²) in [5, 5.41) is 9.84. The number of fused-ring (bicyclic) bond motifs is 1. The number of para-hydroxylation sites is 1. The van der Waals surface area contributed by atoms with Gasteiger partial charge >= 0.3 is 5.97 Å². The van der Waals surface area contributed by atoms with Gasteiger partial charge in [-0.15, -0.1) is 0 Å². The molecule has 0 aliphatic carbocycles. The SMILES string of the molecule is CCn1c(C(=O)N(C)CC(=O)O)c(C)c2ccccc21. The molecule has 106 valence electrons. The Morgan fingerprint density at radius 3 is 2.55 bits per heavy atom. The topological polar surface area (TPSA) is 62.5 Å². The Labute approximate surface area is 117 Å². The van der Waals surface area contributed by atoms with Gasteiger partial charge in [-0.1, -0.05) is 18.2 Å². The molecule has 0 aliphatic rings. The van der Waals surface area contributed by atoms with Crippen molar-refractivity contribution in [1.82, 2.24) is 9.47 Å². The van der Waals surface area contributed by atoms with Crippen LogP contribution in [0.5, 0.6) is 0 Å². The first kappa shape index (κ1) is 14.1. The molecule has 0 fully saturated rings. The lowest BCUT2D eigenvalue weighted by molar-refractivity contribution is -0.137. The van der Waals surface area contributed by atoms with Crippen LogP contribution in [0.4, 0.5) is 0 Å². The number of benzene rings is 1. The first-order chi connectivity index (χ1) is 9.47. The summed E-state index contributed by atoms with van der Waals surface area (Å²) in [5.41, 5.74) is 2.46. The third kappa shape index (κ3) is 2.27. The van der Waals surface area contributed by atoms with Crippen molar-refractivity contribution in [2.24, 2.45) is 0 Å². The number of aliphatic carboxylic acids is 1. The lowest BCUT2D eigenvalue weighted by atomic mass is 10.1. The maximum absolute atomic E-state index is 12.5. The molecular formula is C15H18N2O3. The molecule has 20 heavy (non-hydrogen) atoms. The van der Waals surface area contributed by atoms with E-state index in [4.69, 9.17) is 5.11 Å². The number of aryl methyl sites for hydroxylation is 2. The van der Waals surface area contributed by atoms with E-state index in [0.29, 0.717) is 12.2 Å². The Morgan fingerprint density at radius 2 is 1.95 bits per heavy atom. The summed E-state index contributed by atoms with van der Waals surface area (Å²) in [6, 6.07) is 7.82. The molecule has 1 aromatic heterocycles. The van der Waals surface area contributed by atoms with Gasteiger partial charge in [-0.3, -0.25) is 9.59 Å². The zero-order valence-corrected chi connectivity index (χ0v) is 11.9. The van der Waals surface area contributed by atoms with E-state index in [-0.39, 0.29) is 12.5 Å². The molecule has 0 bridgehead atoms. The van der Waals surface area contributed by atoms with E-state index >= 15 is 0 Å². The number of amides is 1. The molecule has 0 saturated carbocycles. The molecule has 1 amide bonds. The van der Waals surface area contributed by atoms with Gasteiger partial charge < -0.3 is 14.6 Å². The number of carboxylic acid groups (broad SMARTS) is 1. The molecule has 0 spiro atoms. The van der Waals surface area contributed by atoms with Crippen LogP contribution in [0.3, 0.4) is 0 Å². The van der Waals surface area contributed by atoms with Crippen LogP contribution >= 0.6 is 0 Å². The number of nitrogens with zero attached hydrogens (tertiary/aromatic N) is 2. The zero-order chi connectivity index (χ0) is 14.9. The molecule has 0 saturated heterocycles. The Bertz CT molecular complexity index is 673. The standard InChI is InChI=1S/C15H18N2O3/c1-4-17-12-8-6-5-7-11(12)10(2)14(17)15(20)16(3)9-13(18)19/h5-8H,4,9H2,1-3H3,(H,18,19). The highest BCUT2D eigenvalue weighted by molar-refractivity contribution is 6.02. The minimum absolute atomic E-state index is 0.261. The molecule has 1 N–H and O–H groups in total. The van der Waals surface area contributed by atoms with Gasteiger partial charge in [0.15, 0.2) is 0 Å². The molecule has 5 heteroatoms. The van der Waals surface area contributed by atoms with Crippen molar-refractivity contribution >= 4 is 22.8 Å². The van der Waals surface area contributed by atoms with Crippen LogP contribution in [0.15, 0.2) is 24.3 Å². The van der Waals surface area contributed by atoms with Crippen LogP contribution in [0.2, 0.25) is 0 Å². The van der Waals surface area contributed by atoms with Crippen molar-refractivity contribution < 1.29 is 14.7 Å². The first-order valence-electron chi connectivity index (χ1n) is 6.52. The molecule has 0 unspecified atom stereocenters. The van der Waals surface area contributed by atoms with Crippen LogP contribution in [0.1, 0.15) is 23.0 Å². The van der Waals surface area contributed by atoms with Gasteiger partial charge in [0.2, 0.25) is 0 Å². The predicted octanol–water partition coefficient (Wildman–Crippen LogP) is 2.13. The van der Waals surface area contributed by atoms with E-state index in [2.05, 4.69) is 0 Å². The molecule has 1 aromatic carbocycles. The lowest BCUT2D eigenvalue weighted by Gasteiger charge is -2.16. The van der Waals surface area contributed by atoms with Gasteiger partial charge in [-0.2, -0.15) is 0 Å². The molecule has 0 radical (unpaired) electrons. The van der Waals surface area contributed by atoms with E-state index in [1.54, 1.807) is 0 Å². The number of carboxylic acids is 1. The quantitative estimate of drug-likeness (QED) is 0.929. The van der Waals surface area contributed by atoms with Gasteiger partial charge in [0.1, 0.15) is 12.2 Å². The number of carbonyl (C=O) groups excluding carboxylic acids is 1. The Morgan fingerprint density at radius 1 is 1.30 bits per heavy atom. The monoisotopic (exact) mass is 274 g/mol. The second-order valence-corrected chi connectivity index (χ2v) is 4.79. The third-order valence-electron chi connectivity index (χ3n) is 3.46. The predicted molar refractivity (Wildman–Crippen MR) is 76.9 cm³/mol. The van der Waals surface area contributed by atoms with Crippen molar-refractivity contribution in [2.45, 2.75) is 20.4 Å².